The first-order valence-electron chi connectivity index (χ1n) is 12.8. The van der Waals surface area contributed by atoms with Gasteiger partial charge in [-0.2, -0.15) is 10.1 Å². The third kappa shape index (κ3) is 5.62. The molecule has 0 atom stereocenters. The van der Waals surface area contributed by atoms with Gasteiger partial charge in [0.1, 0.15) is 16.7 Å². The highest BCUT2D eigenvalue weighted by Gasteiger charge is 2.24. The van der Waals surface area contributed by atoms with Gasteiger partial charge in [-0.1, -0.05) is 25.0 Å². The van der Waals surface area contributed by atoms with Gasteiger partial charge in [0.05, 0.1) is 6.20 Å². The number of H-pyrrole nitrogens is 1. The second-order valence-electron chi connectivity index (χ2n) is 9.91. The van der Waals surface area contributed by atoms with Crippen molar-refractivity contribution in [3.05, 3.63) is 46.4 Å². The molecule has 1 aromatic carbocycles. The van der Waals surface area contributed by atoms with Gasteiger partial charge in [-0.15, -0.1) is 0 Å². The molecule has 1 aliphatic carbocycles. The normalized spacial score (nSPS) is 21.3. The van der Waals surface area contributed by atoms with E-state index >= 15 is 0 Å². The maximum atomic E-state index is 12.6. The molecule has 3 heterocycles. The summed E-state index contributed by atoms with van der Waals surface area (Å²) in [5.74, 6) is 2.01. The van der Waals surface area contributed by atoms with Crippen molar-refractivity contribution in [2.45, 2.75) is 70.0 Å². The Hall–Kier alpha value is -3.04. The largest absolute Gasteiger partial charge is 0.368 e. The summed E-state index contributed by atoms with van der Waals surface area (Å²) in [6.07, 6.45) is 9.66. The lowest BCUT2D eigenvalue weighted by molar-refractivity contribution is -0.0592. The average Bonchev–Trinajstić information content (AvgIpc) is 3.14. The molecular weight excluding hydrogens is 444 g/mol. The molecule has 9 heteroatoms. The number of hydrogen-bond acceptors (Lipinski definition) is 8. The molecule has 0 amide bonds. The second-order valence-corrected chi connectivity index (χ2v) is 9.91. The summed E-state index contributed by atoms with van der Waals surface area (Å²) >= 11 is 0. The molecule has 5 rings (SSSR count). The van der Waals surface area contributed by atoms with Crippen LogP contribution in [0.2, 0.25) is 0 Å². The van der Waals surface area contributed by atoms with Crippen molar-refractivity contribution < 1.29 is 10.2 Å². The Bertz CT molecular complexity index is 1180. The van der Waals surface area contributed by atoms with Gasteiger partial charge in [-0.05, 0) is 68.1 Å². The van der Waals surface area contributed by atoms with Crippen LogP contribution in [-0.4, -0.2) is 49.8 Å². The van der Waals surface area contributed by atoms with Crippen LogP contribution in [0.1, 0.15) is 69.3 Å². The molecule has 1 aliphatic heterocycles. The topological polar surface area (TPSA) is 127 Å². The van der Waals surface area contributed by atoms with Crippen molar-refractivity contribution in [1.82, 2.24) is 20.2 Å². The van der Waals surface area contributed by atoms with E-state index in [4.69, 9.17) is 4.98 Å². The molecule has 1 saturated heterocycles. The zero-order chi connectivity index (χ0) is 24.2. The van der Waals surface area contributed by atoms with Gasteiger partial charge in [0.25, 0.3) is 5.56 Å². The summed E-state index contributed by atoms with van der Waals surface area (Å²) in [5, 5.41) is 28.7. The zero-order valence-electron chi connectivity index (χ0n) is 20.0. The Morgan fingerprint density at radius 2 is 1.71 bits per heavy atom. The molecule has 4 N–H and O–H groups in total. The van der Waals surface area contributed by atoms with Gasteiger partial charge in [-0.25, -0.2) is 10.1 Å². The highest BCUT2D eigenvalue weighted by molar-refractivity contribution is 5.90. The lowest BCUT2D eigenvalue weighted by Crippen LogP contribution is -2.26. The molecule has 2 fully saturated rings. The van der Waals surface area contributed by atoms with Crippen LogP contribution in [-0.2, 0) is 0 Å². The molecule has 0 unspecified atom stereocenters. The van der Waals surface area contributed by atoms with Crippen LogP contribution in [0.4, 0.5) is 17.5 Å². The summed E-state index contributed by atoms with van der Waals surface area (Å²) in [6.45, 7) is 1.82. The van der Waals surface area contributed by atoms with E-state index in [0.717, 1.165) is 57.3 Å². The molecule has 2 aromatic heterocycles. The monoisotopic (exact) mass is 478 g/mol. The predicted octanol–water partition coefficient (Wildman–Crippen LogP) is 3.81. The van der Waals surface area contributed by atoms with Crippen molar-refractivity contribution in [2.24, 2.45) is 5.92 Å². The van der Waals surface area contributed by atoms with Crippen LogP contribution in [0.25, 0.3) is 10.9 Å². The van der Waals surface area contributed by atoms with E-state index in [0.29, 0.717) is 40.9 Å². The number of fused-ring (bicyclic) bond motifs is 1. The van der Waals surface area contributed by atoms with Crippen molar-refractivity contribution in [1.29, 1.82) is 0 Å². The standard InChI is InChI=1S/C26H34N6O3/c33-22(34)15-17-5-7-18(8-6-17)19-9-11-20(12-10-19)28-24-23-21(16-27-31-25(23)35)29-26(30-24)32-13-3-1-2-4-14-32/h9-12,16-18,22,33-34H,1-8,13-15H2,(H,31,35)(H,28,29,30). The first kappa shape index (κ1) is 23.7. The summed E-state index contributed by atoms with van der Waals surface area (Å²) in [5.41, 5.74) is 2.38. The van der Waals surface area contributed by atoms with E-state index in [-0.39, 0.29) is 5.56 Å². The number of benzene rings is 1. The summed E-state index contributed by atoms with van der Waals surface area (Å²) < 4.78 is 0. The van der Waals surface area contributed by atoms with Gasteiger partial charge in [0, 0.05) is 25.2 Å². The highest BCUT2D eigenvalue weighted by Crippen LogP contribution is 2.38. The third-order valence-electron chi connectivity index (χ3n) is 7.43. The number of anilines is 3. The van der Waals surface area contributed by atoms with Gasteiger partial charge >= 0.3 is 0 Å². The molecule has 35 heavy (non-hydrogen) atoms. The zero-order valence-corrected chi connectivity index (χ0v) is 20.0. The van der Waals surface area contributed by atoms with Crippen molar-refractivity contribution >= 4 is 28.4 Å². The minimum absolute atomic E-state index is 0.311. The van der Waals surface area contributed by atoms with E-state index < -0.39 is 6.29 Å². The first-order chi connectivity index (χ1) is 17.1. The minimum atomic E-state index is -1.21. The van der Waals surface area contributed by atoms with E-state index in [1.165, 1.54) is 18.4 Å². The quantitative estimate of drug-likeness (QED) is 0.394. The molecule has 0 spiro atoms. The molecule has 2 aliphatic rings. The van der Waals surface area contributed by atoms with E-state index in [2.05, 4.69) is 37.5 Å². The fourth-order valence-corrected chi connectivity index (χ4v) is 5.50. The number of aliphatic hydroxyl groups is 2. The first-order valence-corrected chi connectivity index (χ1v) is 12.8. The predicted molar refractivity (Wildman–Crippen MR) is 136 cm³/mol. The number of aromatic amines is 1. The Kier molecular flexibility index (Phi) is 7.24. The smallest absolute Gasteiger partial charge is 0.277 e. The van der Waals surface area contributed by atoms with Crippen molar-refractivity contribution in [2.75, 3.05) is 23.3 Å². The van der Waals surface area contributed by atoms with Gasteiger partial charge in [-0.3, -0.25) is 4.79 Å². The lowest BCUT2D eigenvalue weighted by Gasteiger charge is -2.29. The van der Waals surface area contributed by atoms with Crippen LogP contribution in [0.3, 0.4) is 0 Å². The van der Waals surface area contributed by atoms with Crippen LogP contribution in [0, 0.1) is 5.92 Å². The number of aliphatic hydroxyl groups excluding tert-OH is 1. The molecule has 1 saturated carbocycles. The third-order valence-corrected chi connectivity index (χ3v) is 7.43. The van der Waals surface area contributed by atoms with Crippen molar-refractivity contribution in [3.63, 3.8) is 0 Å². The molecule has 3 aromatic rings. The Morgan fingerprint density at radius 1 is 1.00 bits per heavy atom. The minimum Gasteiger partial charge on any atom is -0.368 e. The SMILES string of the molecule is O=c1[nH]ncc2nc(N3CCCCCC3)nc(Nc3ccc(C4CCC(CC(O)O)CC4)cc3)c12. The van der Waals surface area contributed by atoms with E-state index in [1.807, 2.05) is 12.1 Å². The van der Waals surface area contributed by atoms with E-state index in [9.17, 15) is 15.0 Å². The van der Waals surface area contributed by atoms with Crippen LogP contribution >= 0.6 is 0 Å². The Balaban J connectivity index is 1.35. The van der Waals surface area contributed by atoms with Crippen LogP contribution in [0.5, 0.6) is 0 Å². The summed E-state index contributed by atoms with van der Waals surface area (Å²) in [6, 6.07) is 8.35. The lowest BCUT2D eigenvalue weighted by atomic mass is 9.77. The molecule has 0 radical (unpaired) electrons. The van der Waals surface area contributed by atoms with Gasteiger partial charge in [0.15, 0.2) is 6.29 Å². The maximum absolute atomic E-state index is 12.6. The Labute approximate surface area is 204 Å². The number of aromatic nitrogens is 4. The molecular formula is C26H34N6O3. The maximum Gasteiger partial charge on any atom is 0.277 e. The summed E-state index contributed by atoms with van der Waals surface area (Å²) in [4.78, 5) is 24.3. The highest BCUT2D eigenvalue weighted by atomic mass is 16.5. The summed E-state index contributed by atoms with van der Waals surface area (Å²) in [7, 11) is 0. The average molecular weight is 479 g/mol. The van der Waals surface area contributed by atoms with Crippen molar-refractivity contribution in [3.8, 4) is 0 Å². The van der Waals surface area contributed by atoms with Gasteiger partial charge in [0.2, 0.25) is 5.95 Å². The van der Waals surface area contributed by atoms with Crippen LogP contribution < -0.4 is 15.8 Å². The second kappa shape index (κ2) is 10.7. The fourth-order valence-electron chi connectivity index (χ4n) is 5.50. The number of nitrogens with one attached hydrogen (secondary N) is 2. The molecule has 9 nitrogen and oxygen atoms in total. The Morgan fingerprint density at radius 3 is 2.40 bits per heavy atom. The number of hydrogen-bond donors (Lipinski definition) is 4. The van der Waals surface area contributed by atoms with Crippen LogP contribution in [0.15, 0.2) is 35.3 Å². The number of rotatable bonds is 6. The molecule has 0 bridgehead atoms. The fraction of sp³-hybridized carbons (Fsp3) is 0.538. The molecule has 186 valence electrons. The van der Waals surface area contributed by atoms with E-state index in [1.54, 1.807) is 6.20 Å². The number of nitrogens with zero attached hydrogens (tertiary/aromatic N) is 4. The van der Waals surface area contributed by atoms with Gasteiger partial charge < -0.3 is 20.4 Å².